The van der Waals surface area contributed by atoms with Gasteiger partial charge in [-0.1, -0.05) is 16.8 Å². The zero-order chi connectivity index (χ0) is 13.1. The molecule has 1 aromatic rings. The van der Waals surface area contributed by atoms with Crippen LogP contribution < -0.4 is 10.5 Å². The monoisotopic (exact) mass is 262 g/mol. The number of benzene rings is 1. The van der Waals surface area contributed by atoms with E-state index in [1.807, 2.05) is 0 Å². The molecule has 1 aliphatic rings. The molecule has 0 bridgehead atoms. The highest BCUT2D eigenvalue weighted by molar-refractivity contribution is 6.30. The molecule has 8 heteroatoms. The largest absolute Gasteiger partial charge is 0.214 e. The summed E-state index contributed by atoms with van der Waals surface area (Å²) in [5.74, 6) is -0.698. The molecular weight excluding hydrogens is 259 g/mol. The summed E-state index contributed by atoms with van der Waals surface area (Å²) >= 11 is 5.63. The molecule has 0 amide bonds. The van der Waals surface area contributed by atoms with Crippen LogP contribution in [0.25, 0.3) is 0 Å². The number of hydrazine groups is 1. The molecule has 88 valence electrons. The molecule has 0 unspecified atom stereocenters. The Kier molecular flexibility index (Phi) is 3.09. The molecule has 0 aliphatic carbocycles. The summed E-state index contributed by atoms with van der Waals surface area (Å²) < 4.78 is 13.7. The number of nitriles is 2. The van der Waals surface area contributed by atoms with E-state index in [1.165, 1.54) is 12.1 Å². The summed E-state index contributed by atoms with van der Waals surface area (Å²) in [6.45, 7) is 0. The van der Waals surface area contributed by atoms with E-state index in [4.69, 9.17) is 22.1 Å². The van der Waals surface area contributed by atoms with Crippen molar-refractivity contribution in [1.29, 1.82) is 10.5 Å². The lowest BCUT2D eigenvalue weighted by Gasteiger charge is -2.17. The SMILES string of the molecule is N#CC(C#N)=C1N=NNN1c1ccc(Cl)cc1F. The standard InChI is InChI=1S/C10H4ClFN6/c11-7-1-2-9(8(12)3-7)18-10(15-16-17-18)6(4-13)5-14/h1-3H,(H,15,17). The van der Waals surface area contributed by atoms with Crippen LogP contribution in [0.4, 0.5) is 10.1 Å². The highest BCUT2D eigenvalue weighted by atomic mass is 35.5. The van der Waals surface area contributed by atoms with E-state index < -0.39 is 5.82 Å². The minimum atomic E-state index is -0.630. The van der Waals surface area contributed by atoms with Gasteiger partial charge >= 0.3 is 0 Å². The summed E-state index contributed by atoms with van der Waals surface area (Å²) in [6, 6.07) is 7.27. The first-order valence-corrected chi connectivity index (χ1v) is 5.01. The molecule has 1 heterocycles. The Labute approximate surface area is 106 Å². The number of halogens is 2. The maximum absolute atomic E-state index is 13.7. The van der Waals surface area contributed by atoms with Crippen LogP contribution in [0.3, 0.4) is 0 Å². The molecule has 18 heavy (non-hydrogen) atoms. The Hall–Kier alpha value is -2.64. The van der Waals surface area contributed by atoms with Gasteiger partial charge in [-0.15, -0.1) is 5.11 Å². The molecule has 1 aliphatic heterocycles. The average molecular weight is 263 g/mol. The number of allylic oxidation sites excluding steroid dienone is 1. The third kappa shape index (κ3) is 1.95. The fraction of sp³-hybridized carbons (Fsp3) is 0. The van der Waals surface area contributed by atoms with Gasteiger partial charge in [-0.2, -0.15) is 16.1 Å². The molecule has 1 aromatic carbocycles. The number of nitrogens with one attached hydrogen (secondary N) is 1. The van der Waals surface area contributed by atoms with Gasteiger partial charge in [-0.25, -0.2) is 9.40 Å². The van der Waals surface area contributed by atoms with Crippen LogP contribution in [-0.2, 0) is 0 Å². The lowest BCUT2D eigenvalue weighted by atomic mass is 10.2. The van der Waals surface area contributed by atoms with Gasteiger partial charge in [0.15, 0.2) is 5.57 Å². The lowest BCUT2D eigenvalue weighted by molar-refractivity contribution is 0.616. The Bertz CT molecular complexity index is 623. The first-order chi connectivity index (χ1) is 8.67. The Morgan fingerprint density at radius 3 is 2.72 bits per heavy atom. The lowest BCUT2D eigenvalue weighted by Crippen LogP contribution is -2.29. The molecule has 0 aromatic heterocycles. The van der Waals surface area contributed by atoms with E-state index in [9.17, 15) is 4.39 Å². The van der Waals surface area contributed by atoms with E-state index in [0.717, 1.165) is 11.1 Å². The number of rotatable bonds is 1. The van der Waals surface area contributed by atoms with Crippen molar-refractivity contribution < 1.29 is 4.39 Å². The smallest absolute Gasteiger partial charge is 0.206 e. The summed E-state index contributed by atoms with van der Waals surface area (Å²) in [7, 11) is 0. The van der Waals surface area contributed by atoms with Crippen molar-refractivity contribution in [3.8, 4) is 12.1 Å². The van der Waals surface area contributed by atoms with Crippen LogP contribution in [0.5, 0.6) is 0 Å². The van der Waals surface area contributed by atoms with E-state index in [-0.39, 0.29) is 22.1 Å². The highest BCUT2D eigenvalue weighted by Crippen LogP contribution is 2.28. The quantitative estimate of drug-likeness (QED) is 0.787. The third-order valence-electron chi connectivity index (χ3n) is 2.10. The number of hydrogen-bond acceptors (Lipinski definition) is 6. The minimum absolute atomic E-state index is 0.0578. The van der Waals surface area contributed by atoms with Crippen molar-refractivity contribution in [3.63, 3.8) is 0 Å². The van der Waals surface area contributed by atoms with Gasteiger partial charge in [-0.05, 0) is 18.2 Å². The van der Waals surface area contributed by atoms with Crippen LogP contribution in [0.2, 0.25) is 5.02 Å². The molecule has 2 rings (SSSR count). The average Bonchev–Trinajstić information content (AvgIpc) is 2.80. The van der Waals surface area contributed by atoms with Gasteiger partial charge in [0.25, 0.3) is 0 Å². The summed E-state index contributed by atoms with van der Waals surface area (Å²) in [6.07, 6.45) is 0. The maximum Gasteiger partial charge on any atom is 0.206 e. The predicted octanol–water partition coefficient (Wildman–Crippen LogP) is 2.43. The van der Waals surface area contributed by atoms with E-state index in [0.29, 0.717) is 0 Å². The van der Waals surface area contributed by atoms with Crippen LogP contribution >= 0.6 is 11.6 Å². The summed E-state index contributed by atoms with van der Waals surface area (Å²) in [5.41, 5.74) is 2.16. The first kappa shape index (κ1) is 11.8. The Balaban J connectivity index is 2.50. The van der Waals surface area contributed by atoms with Gasteiger partial charge in [0.1, 0.15) is 23.6 Å². The zero-order valence-corrected chi connectivity index (χ0v) is 9.48. The van der Waals surface area contributed by atoms with Gasteiger partial charge in [-0.3, -0.25) is 0 Å². The van der Waals surface area contributed by atoms with Crippen LogP contribution in [0.1, 0.15) is 0 Å². The molecule has 1 N–H and O–H groups in total. The van der Waals surface area contributed by atoms with E-state index >= 15 is 0 Å². The predicted molar refractivity (Wildman–Crippen MR) is 60.1 cm³/mol. The van der Waals surface area contributed by atoms with Crippen LogP contribution in [0, 0.1) is 28.5 Å². The van der Waals surface area contributed by atoms with Crippen molar-refractivity contribution in [2.75, 3.05) is 5.01 Å². The zero-order valence-electron chi connectivity index (χ0n) is 8.72. The second-order valence-electron chi connectivity index (χ2n) is 3.15. The molecule has 0 atom stereocenters. The van der Waals surface area contributed by atoms with Crippen LogP contribution in [0.15, 0.2) is 39.9 Å². The van der Waals surface area contributed by atoms with Gasteiger partial charge in [0.05, 0.1) is 0 Å². The second kappa shape index (κ2) is 4.70. The second-order valence-corrected chi connectivity index (χ2v) is 3.59. The van der Waals surface area contributed by atoms with Gasteiger partial charge in [0.2, 0.25) is 5.82 Å². The van der Waals surface area contributed by atoms with Crippen molar-refractivity contribution >= 4 is 17.3 Å². The first-order valence-electron chi connectivity index (χ1n) is 4.63. The topological polar surface area (TPSA) is 87.6 Å². The Morgan fingerprint density at radius 1 is 1.39 bits per heavy atom. The molecule has 0 saturated carbocycles. The van der Waals surface area contributed by atoms with Crippen molar-refractivity contribution in [3.05, 3.63) is 40.4 Å². The fourth-order valence-corrected chi connectivity index (χ4v) is 1.48. The van der Waals surface area contributed by atoms with Gasteiger partial charge < -0.3 is 0 Å². The number of nitrogens with zero attached hydrogens (tertiary/aromatic N) is 5. The molecule has 0 radical (unpaired) electrons. The summed E-state index contributed by atoms with van der Waals surface area (Å²) in [4.78, 5) is 0. The van der Waals surface area contributed by atoms with Crippen molar-refractivity contribution in [2.45, 2.75) is 0 Å². The fourth-order valence-electron chi connectivity index (χ4n) is 1.32. The Morgan fingerprint density at radius 2 is 2.11 bits per heavy atom. The van der Waals surface area contributed by atoms with Crippen LogP contribution in [-0.4, -0.2) is 0 Å². The number of anilines is 1. The summed E-state index contributed by atoms with van der Waals surface area (Å²) in [5, 5.41) is 25.9. The van der Waals surface area contributed by atoms with Crippen molar-refractivity contribution in [1.82, 2.24) is 5.53 Å². The number of hydrogen-bond donors (Lipinski definition) is 1. The molecule has 0 saturated heterocycles. The van der Waals surface area contributed by atoms with E-state index in [2.05, 4.69) is 15.9 Å². The highest BCUT2D eigenvalue weighted by Gasteiger charge is 2.24. The normalized spacial score (nSPS) is 12.9. The van der Waals surface area contributed by atoms with Crippen molar-refractivity contribution in [2.24, 2.45) is 10.3 Å². The maximum atomic E-state index is 13.7. The third-order valence-corrected chi connectivity index (χ3v) is 2.33. The molecule has 6 nitrogen and oxygen atoms in total. The van der Waals surface area contributed by atoms with Gasteiger partial charge in [0, 0.05) is 5.02 Å². The molecule has 0 fully saturated rings. The molecular formula is C10H4ClFN6. The minimum Gasteiger partial charge on any atom is -0.214 e. The van der Waals surface area contributed by atoms with E-state index in [1.54, 1.807) is 12.1 Å². The molecule has 0 spiro atoms.